The predicted molar refractivity (Wildman–Crippen MR) is 95.5 cm³/mol. The van der Waals surface area contributed by atoms with E-state index >= 15 is 0 Å². The highest BCUT2D eigenvalue weighted by Gasteiger charge is 2.26. The fraction of sp³-hybridized carbons (Fsp3) is 0.625. The van der Waals surface area contributed by atoms with Crippen LogP contribution in [-0.2, 0) is 14.8 Å². The summed E-state index contributed by atoms with van der Waals surface area (Å²) in [5, 5.41) is 3.53. The monoisotopic (exact) mass is 371 g/mol. The molecule has 0 bridgehead atoms. The molecule has 0 aliphatic carbocycles. The minimum atomic E-state index is -3.45. The lowest BCUT2D eigenvalue weighted by Gasteiger charge is -2.25. The van der Waals surface area contributed by atoms with Crippen molar-refractivity contribution in [1.29, 1.82) is 0 Å². The van der Waals surface area contributed by atoms with Gasteiger partial charge in [0.15, 0.2) is 0 Å². The molecule has 0 aromatic carbocycles. The molecule has 0 saturated carbocycles. The number of piperidine rings is 1. The Bertz CT molecular complexity index is 641. The number of nitrogens with zero attached hydrogens (tertiary/aromatic N) is 2. The molecule has 24 heavy (non-hydrogen) atoms. The quantitative estimate of drug-likeness (QED) is 0.744. The van der Waals surface area contributed by atoms with Crippen LogP contribution in [0.5, 0.6) is 0 Å². The molecule has 0 radical (unpaired) electrons. The second-order valence-electron chi connectivity index (χ2n) is 5.96. The van der Waals surface area contributed by atoms with Crippen molar-refractivity contribution in [3.05, 3.63) is 18.3 Å². The van der Waals surface area contributed by atoms with Gasteiger partial charge >= 0.3 is 0 Å². The Hall–Kier alpha value is -1.12. The maximum Gasteiger partial charge on any atom is 0.244 e. The zero-order valence-corrected chi connectivity index (χ0v) is 15.8. The van der Waals surface area contributed by atoms with E-state index in [-0.39, 0.29) is 22.6 Å². The Kier molecular flexibility index (Phi) is 7.06. The van der Waals surface area contributed by atoms with Crippen LogP contribution in [0.3, 0.4) is 0 Å². The molecule has 6 nitrogen and oxygen atoms in total. The Morgan fingerprint density at radius 3 is 2.62 bits per heavy atom. The lowest BCUT2D eigenvalue weighted by molar-refractivity contribution is -0.119. The van der Waals surface area contributed by atoms with Gasteiger partial charge < -0.3 is 5.32 Å². The summed E-state index contributed by atoms with van der Waals surface area (Å²) in [6, 6.07) is 3.40. The Labute approximate surface area is 148 Å². The Morgan fingerprint density at radius 1 is 1.33 bits per heavy atom. The van der Waals surface area contributed by atoms with E-state index in [0.717, 1.165) is 25.7 Å². The number of pyridine rings is 1. The van der Waals surface area contributed by atoms with E-state index in [2.05, 4.69) is 10.3 Å². The predicted octanol–water partition coefficient (Wildman–Crippen LogP) is 2.26. The summed E-state index contributed by atoms with van der Waals surface area (Å²) in [4.78, 5) is 16.2. The summed E-state index contributed by atoms with van der Waals surface area (Å²) in [7, 11) is -3.45. The smallest absolute Gasteiger partial charge is 0.244 e. The first kappa shape index (κ1) is 19.2. The third-order valence-corrected chi connectivity index (χ3v) is 6.86. The third-order valence-electron chi connectivity index (χ3n) is 4.03. The van der Waals surface area contributed by atoms with Crippen LogP contribution in [0.1, 0.15) is 39.5 Å². The summed E-state index contributed by atoms with van der Waals surface area (Å²) in [6.07, 6.45) is 5.17. The molecule has 1 atom stereocenters. The molecular formula is C16H25N3O3S2. The number of thioether (sulfide) groups is 1. The normalized spacial score (nSPS) is 17.4. The van der Waals surface area contributed by atoms with Gasteiger partial charge in [-0.15, -0.1) is 0 Å². The first-order valence-corrected chi connectivity index (χ1v) is 10.7. The van der Waals surface area contributed by atoms with E-state index in [9.17, 15) is 13.2 Å². The number of hydrogen-bond acceptors (Lipinski definition) is 5. The molecule has 1 aromatic heterocycles. The second-order valence-corrected chi connectivity index (χ2v) is 8.90. The van der Waals surface area contributed by atoms with Crippen LogP contribution in [0, 0.1) is 0 Å². The lowest BCUT2D eigenvalue weighted by atomic mass is 10.2. The van der Waals surface area contributed by atoms with Crippen molar-refractivity contribution in [2.45, 2.75) is 55.5 Å². The fourth-order valence-corrected chi connectivity index (χ4v) is 4.53. The van der Waals surface area contributed by atoms with E-state index < -0.39 is 10.0 Å². The van der Waals surface area contributed by atoms with Gasteiger partial charge in [-0.05, 0) is 38.3 Å². The van der Waals surface area contributed by atoms with Crippen molar-refractivity contribution in [2.75, 3.05) is 18.8 Å². The van der Waals surface area contributed by atoms with Gasteiger partial charge in [-0.2, -0.15) is 4.31 Å². The zero-order valence-electron chi connectivity index (χ0n) is 14.2. The highest BCUT2D eigenvalue weighted by Crippen LogP contribution is 2.22. The number of aromatic nitrogens is 1. The molecular weight excluding hydrogens is 346 g/mol. The minimum absolute atomic E-state index is 0.0406. The topological polar surface area (TPSA) is 79.4 Å². The van der Waals surface area contributed by atoms with Crippen LogP contribution in [0.2, 0.25) is 0 Å². The van der Waals surface area contributed by atoms with Gasteiger partial charge in [0.05, 0.1) is 10.8 Å². The van der Waals surface area contributed by atoms with E-state index in [4.69, 9.17) is 0 Å². The van der Waals surface area contributed by atoms with Gasteiger partial charge in [-0.3, -0.25) is 4.79 Å². The number of carbonyl (C=O) groups is 1. The number of amides is 1. The van der Waals surface area contributed by atoms with Crippen LogP contribution in [-0.4, -0.2) is 48.5 Å². The van der Waals surface area contributed by atoms with E-state index in [1.54, 1.807) is 12.1 Å². The SMILES string of the molecule is CC[C@@H](C)NC(=O)CSc1ccc(S(=O)(=O)N2CCCCC2)cn1. The lowest BCUT2D eigenvalue weighted by Crippen LogP contribution is -2.35. The summed E-state index contributed by atoms with van der Waals surface area (Å²) in [6.45, 7) is 5.13. The van der Waals surface area contributed by atoms with Crippen LogP contribution < -0.4 is 5.32 Å². The van der Waals surface area contributed by atoms with Crippen molar-refractivity contribution >= 4 is 27.7 Å². The molecule has 8 heteroatoms. The Morgan fingerprint density at radius 2 is 2.04 bits per heavy atom. The van der Waals surface area contributed by atoms with Gasteiger partial charge in [0.2, 0.25) is 15.9 Å². The molecule has 134 valence electrons. The van der Waals surface area contributed by atoms with Crippen LogP contribution in [0.15, 0.2) is 28.3 Å². The molecule has 1 aliphatic rings. The van der Waals surface area contributed by atoms with Crippen LogP contribution in [0.25, 0.3) is 0 Å². The average molecular weight is 372 g/mol. The van der Waals surface area contributed by atoms with Gasteiger partial charge in [0, 0.05) is 25.3 Å². The maximum absolute atomic E-state index is 12.5. The molecule has 1 aromatic rings. The number of nitrogens with one attached hydrogen (secondary N) is 1. The molecule has 1 N–H and O–H groups in total. The molecule has 1 fully saturated rings. The fourth-order valence-electron chi connectivity index (χ4n) is 2.42. The number of carbonyl (C=O) groups excluding carboxylic acids is 1. The highest BCUT2D eigenvalue weighted by atomic mass is 32.2. The number of sulfonamides is 1. The van der Waals surface area contributed by atoms with Crippen molar-refractivity contribution in [1.82, 2.24) is 14.6 Å². The molecule has 1 saturated heterocycles. The van der Waals surface area contributed by atoms with Crippen molar-refractivity contribution < 1.29 is 13.2 Å². The number of rotatable bonds is 7. The van der Waals surface area contributed by atoms with E-state index in [1.165, 1.54) is 22.3 Å². The standard InChI is InChI=1S/C16H25N3O3S2/c1-3-13(2)18-15(20)12-23-16-8-7-14(11-17-16)24(21,22)19-9-5-4-6-10-19/h7-8,11,13H,3-6,9-10,12H2,1-2H3,(H,18,20)/t13-/m1/s1. The van der Waals surface area contributed by atoms with Gasteiger partial charge in [-0.25, -0.2) is 13.4 Å². The van der Waals surface area contributed by atoms with E-state index in [0.29, 0.717) is 18.1 Å². The molecule has 2 rings (SSSR count). The van der Waals surface area contributed by atoms with Gasteiger partial charge in [0.25, 0.3) is 0 Å². The maximum atomic E-state index is 12.5. The summed E-state index contributed by atoms with van der Waals surface area (Å²) >= 11 is 1.30. The van der Waals surface area contributed by atoms with Crippen molar-refractivity contribution in [2.24, 2.45) is 0 Å². The molecule has 0 unspecified atom stereocenters. The average Bonchev–Trinajstić information content (AvgIpc) is 2.61. The summed E-state index contributed by atoms with van der Waals surface area (Å²) < 4.78 is 26.6. The van der Waals surface area contributed by atoms with Crippen molar-refractivity contribution in [3.63, 3.8) is 0 Å². The van der Waals surface area contributed by atoms with Gasteiger partial charge in [0.1, 0.15) is 4.90 Å². The van der Waals surface area contributed by atoms with Crippen LogP contribution in [0.4, 0.5) is 0 Å². The summed E-state index contributed by atoms with van der Waals surface area (Å²) in [5.41, 5.74) is 0. The molecule has 0 spiro atoms. The summed E-state index contributed by atoms with van der Waals surface area (Å²) in [5.74, 6) is 0.233. The molecule has 2 heterocycles. The Balaban J connectivity index is 1.94. The molecule has 1 aliphatic heterocycles. The first-order chi connectivity index (χ1) is 11.4. The van der Waals surface area contributed by atoms with Crippen molar-refractivity contribution in [3.8, 4) is 0 Å². The zero-order chi connectivity index (χ0) is 17.6. The van der Waals surface area contributed by atoms with Crippen LogP contribution >= 0.6 is 11.8 Å². The minimum Gasteiger partial charge on any atom is -0.353 e. The number of hydrogen-bond donors (Lipinski definition) is 1. The van der Waals surface area contributed by atoms with Gasteiger partial charge in [-0.1, -0.05) is 25.1 Å². The first-order valence-electron chi connectivity index (χ1n) is 8.32. The molecule has 1 amide bonds. The third kappa shape index (κ3) is 5.19. The van der Waals surface area contributed by atoms with E-state index in [1.807, 2.05) is 13.8 Å². The largest absolute Gasteiger partial charge is 0.353 e. The highest BCUT2D eigenvalue weighted by molar-refractivity contribution is 7.99. The second kappa shape index (κ2) is 8.82.